The van der Waals surface area contributed by atoms with Crippen molar-refractivity contribution in [1.82, 2.24) is 5.32 Å². The van der Waals surface area contributed by atoms with Crippen LogP contribution in [0, 0.1) is 5.82 Å². The van der Waals surface area contributed by atoms with Crippen LogP contribution in [0.3, 0.4) is 0 Å². The SMILES string of the molecule is NC(=O)OCCNC(=O)c1cccc(Br)c1F. The van der Waals surface area contributed by atoms with Crippen molar-refractivity contribution in [3.63, 3.8) is 0 Å². The highest BCUT2D eigenvalue weighted by Gasteiger charge is 2.13. The van der Waals surface area contributed by atoms with E-state index in [2.05, 4.69) is 26.0 Å². The number of nitrogens with one attached hydrogen (secondary N) is 1. The van der Waals surface area contributed by atoms with Crippen LogP contribution >= 0.6 is 15.9 Å². The third-order valence-corrected chi connectivity index (χ3v) is 2.44. The summed E-state index contributed by atoms with van der Waals surface area (Å²) in [7, 11) is 0. The first kappa shape index (κ1) is 13.4. The maximum absolute atomic E-state index is 13.5. The second kappa shape index (κ2) is 6.19. The van der Waals surface area contributed by atoms with E-state index in [9.17, 15) is 14.0 Å². The van der Waals surface area contributed by atoms with E-state index in [-0.39, 0.29) is 23.2 Å². The van der Waals surface area contributed by atoms with E-state index in [1.807, 2.05) is 0 Å². The highest BCUT2D eigenvalue weighted by atomic mass is 79.9. The van der Waals surface area contributed by atoms with Crippen molar-refractivity contribution in [2.45, 2.75) is 0 Å². The van der Waals surface area contributed by atoms with Crippen molar-refractivity contribution in [2.24, 2.45) is 5.73 Å². The molecule has 0 fully saturated rings. The third kappa shape index (κ3) is 4.03. The molecule has 1 aromatic carbocycles. The molecule has 0 atom stereocenters. The molecule has 92 valence electrons. The zero-order valence-electron chi connectivity index (χ0n) is 8.70. The number of carbonyl (C=O) groups excluding carboxylic acids is 2. The lowest BCUT2D eigenvalue weighted by molar-refractivity contribution is 0.0932. The molecule has 5 nitrogen and oxygen atoms in total. The number of rotatable bonds is 4. The van der Waals surface area contributed by atoms with Crippen molar-refractivity contribution >= 4 is 27.9 Å². The Morgan fingerprint density at radius 1 is 1.47 bits per heavy atom. The molecular weight excluding hydrogens is 295 g/mol. The predicted molar refractivity (Wildman–Crippen MR) is 62.0 cm³/mol. The molecule has 0 aliphatic rings. The van der Waals surface area contributed by atoms with Gasteiger partial charge in [0, 0.05) is 0 Å². The smallest absolute Gasteiger partial charge is 0.404 e. The van der Waals surface area contributed by atoms with E-state index in [1.165, 1.54) is 12.1 Å². The maximum atomic E-state index is 13.5. The van der Waals surface area contributed by atoms with Crippen LogP contribution in [0.5, 0.6) is 0 Å². The second-order valence-electron chi connectivity index (χ2n) is 3.02. The Bertz CT molecular complexity index is 440. The summed E-state index contributed by atoms with van der Waals surface area (Å²) in [5, 5.41) is 2.39. The number of hydrogen-bond acceptors (Lipinski definition) is 3. The van der Waals surface area contributed by atoms with Gasteiger partial charge in [0.05, 0.1) is 16.6 Å². The quantitative estimate of drug-likeness (QED) is 0.825. The Balaban J connectivity index is 2.53. The number of nitrogens with two attached hydrogens (primary N) is 1. The van der Waals surface area contributed by atoms with Gasteiger partial charge in [-0.2, -0.15) is 0 Å². The fraction of sp³-hybridized carbons (Fsp3) is 0.200. The maximum Gasteiger partial charge on any atom is 0.404 e. The zero-order chi connectivity index (χ0) is 12.8. The molecule has 0 saturated heterocycles. The minimum atomic E-state index is -0.923. The van der Waals surface area contributed by atoms with Crippen molar-refractivity contribution in [3.05, 3.63) is 34.1 Å². The van der Waals surface area contributed by atoms with Gasteiger partial charge in [0.25, 0.3) is 5.91 Å². The van der Waals surface area contributed by atoms with Crippen LogP contribution < -0.4 is 11.1 Å². The van der Waals surface area contributed by atoms with E-state index in [4.69, 9.17) is 5.73 Å². The van der Waals surface area contributed by atoms with Crippen molar-refractivity contribution in [1.29, 1.82) is 0 Å². The average Bonchev–Trinajstić information content (AvgIpc) is 2.27. The van der Waals surface area contributed by atoms with Crippen LogP contribution in [0.15, 0.2) is 22.7 Å². The zero-order valence-corrected chi connectivity index (χ0v) is 10.3. The lowest BCUT2D eigenvalue weighted by atomic mass is 10.2. The van der Waals surface area contributed by atoms with Gasteiger partial charge in [-0.1, -0.05) is 6.07 Å². The molecule has 0 aromatic heterocycles. The predicted octanol–water partition coefficient (Wildman–Crippen LogP) is 1.41. The summed E-state index contributed by atoms with van der Waals surface area (Å²) in [4.78, 5) is 21.8. The second-order valence-corrected chi connectivity index (χ2v) is 3.88. The highest BCUT2D eigenvalue weighted by molar-refractivity contribution is 9.10. The van der Waals surface area contributed by atoms with Gasteiger partial charge in [0.2, 0.25) is 0 Å². The molecule has 3 N–H and O–H groups in total. The third-order valence-electron chi connectivity index (χ3n) is 1.83. The van der Waals surface area contributed by atoms with Crippen LogP contribution in [0.1, 0.15) is 10.4 Å². The summed E-state index contributed by atoms with van der Waals surface area (Å²) in [5.41, 5.74) is 4.64. The van der Waals surface area contributed by atoms with E-state index in [1.54, 1.807) is 6.07 Å². The summed E-state index contributed by atoms with van der Waals surface area (Å²) in [6, 6.07) is 4.38. The van der Waals surface area contributed by atoms with E-state index in [0.717, 1.165) is 0 Å². The summed E-state index contributed by atoms with van der Waals surface area (Å²) in [6.45, 7) is 0.00439. The molecule has 0 radical (unpaired) electrons. The standard InChI is InChI=1S/C10H10BrFN2O3/c11-7-3-1-2-6(8(7)12)9(15)14-4-5-17-10(13)16/h1-3H,4-5H2,(H2,13,16)(H,14,15). The number of benzene rings is 1. The molecule has 7 heteroatoms. The number of primary amides is 1. The Morgan fingerprint density at radius 3 is 2.82 bits per heavy atom. The minimum Gasteiger partial charge on any atom is -0.448 e. The molecule has 1 rings (SSSR count). The first-order valence-electron chi connectivity index (χ1n) is 4.67. The topological polar surface area (TPSA) is 81.4 Å². The fourth-order valence-electron chi connectivity index (χ4n) is 1.09. The van der Waals surface area contributed by atoms with Crippen LogP contribution in [0.25, 0.3) is 0 Å². The molecule has 0 aliphatic carbocycles. The van der Waals surface area contributed by atoms with Crippen LogP contribution in [0.4, 0.5) is 9.18 Å². The molecule has 0 saturated carbocycles. The summed E-state index contributed by atoms with van der Waals surface area (Å²) in [5.74, 6) is -1.22. The lowest BCUT2D eigenvalue weighted by Gasteiger charge is -2.06. The molecule has 2 amide bonds. The van der Waals surface area contributed by atoms with Gasteiger partial charge in [-0.25, -0.2) is 9.18 Å². The number of hydrogen-bond donors (Lipinski definition) is 2. The number of carbonyl (C=O) groups is 2. The molecular formula is C10H10BrFN2O3. The Hall–Kier alpha value is -1.63. The number of amides is 2. The largest absolute Gasteiger partial charge is 0.448 e. The molecule has 1 aromatic rings. The van der Waals surface area contributed by atoms with Crippen LogP contribution in [0.2, 0.25) is 0 Å². The van der Waals surface area contributed by atoms with Gasteiger partial charge >= 0.3 is 6.09 Å². The summed E-state index contributed by atoms with van der Waals surface area (Å²) in [6.07, 6.45) is -0.923. The summed E-state index contributed by atoms with van der Waals surface area (Å²) < 4.78 is 18.1. The number of halogens is 2. The van der Waals surface area contributed by atoms with Crippen molar-refractivity contribution < 1.29 is 18.7 Å². The van der Waals surface area contributed by atoms with Crippen LogP contribution in [-0.2, 0) is 4.74 Å². The van der Waals surface area contributed by atoms with E-state index >= 15 is 0 Å². The summed E-state index contributed by atoms with van der Waals surface area (Å²) >= 11 is 2.97. The van der Waals surface area contributed by atoms with Gasteiger partial charge < -0.3 is 15.8 Å². The lowest BCUT2D eigenvalue weighted by Crippen LogP contribution is -2.29. The van der Waals surface area contributed by atoms with Crippen molar-refractivity contribution in [3.8, 4) is 0 Å². The molecule has 0 bridgehead atoms. The van der Waals surface area contributed by atoms with Gasteiger partial charge in [0.1, 0.15) is 12.4 Å². The fourth-order valence-corrected chi connectivity index (χ4v) is 1.46. The van der Waals surface area contributed by atoms with E-state index < -0.39 is 17.8 Å². The van der Waals surface area contributed by atoms with Gasteiger partial charge in [0.15, 0.2) is 0 Å². The Kier molecular flexibility index (Phi) is 4.89. The van der Waals surface area contributed by atoms with E-state index in [0.29, 0.717) is 0 Å². The molecule has 0 heterocycles. The van der Waals surface area contributed by atoms with Gasteiger partial charge in [-0.05, 0) is 28.1 Å². The Labute approximate surface area is 105 Å². The van der Waals surface area contributed by atoms with Gasteiger partial charge in [-0.3, -0.25) is 4.79 Å². The minimum absolute atomic E-state index is 0.0588. The Morgan fingerprint density at radius 2 is 2.18 bits per heavy atom. The number of ether oxygens (including phenoxy) is 1. The highest BCUT2D eigenvalue weighted by Crippen LogP contribution is 2.18. The first-order chi connectivity index (χ1) is 8.02. The van der Waals surface area contributed by atoms with Gasteiger partial charge in [-0.15, -0.1) is 0 Å². The monoisotopic (exact) mass is 304 g/mol. The first-order valence-corrected chi connectivity index (χ1v) is 5.46. The molecule has 0 unspecified atom stereocenters. The molecule has 0 aliphatic heterocycles. The molecule has 0 spiro atoms. The average molecular weight is 305 g/mol. The normalized spacial score (nSPS) is 9.76. The van der Waals surface area contributed by atoms with Crippen molar-refractivity contribution in [2.75, 3.05) is 13.2 Å². The van der Waals surface area contributed by atoms with Crippen LogP contribution in [-0.4, -0.2) is 25.2 Å². The molecule has 17 heavy (non-hydrogen) atoms.